The Labute approximate surface area is 261 Å². The first-order chi connectivity index (χ1) is 21.0. The summed E-state index contributed by atoms with van der Waals surface area (Å²) in [4.78, 5) is 44.7. The van der Waals surface area contributed by atoms with Gasteiger partial charge in [0, 0.05) is 61.9 Å². The average Bonchev–Trinajstić information content (AvgIpc) is 3.03. The Morgan fingerprint density at radius 3 is 2.50 bits per heavy atom. The van der Waals surface area contributed by atoms with E-state index >= 15 is 0 Å². The maximum Gasteiger partial charge on any atom is 0.256 e. The molecule has 44 heavy (non-hydrogen) atoms. The van der Waals surface area contributed by atoms with Crippen molar-refractivity contribution in [1.82, 2.24) is 19.7 Å². The quantitative estimate of drug-likeness (QED) is 0.424. The van der Waals surface area contributed by atoms with Gasteiger partial charge in [0.15, 0.2) is 0 Å². The molecule has 3 N–H and O–H groups in total. The molecular formula is C35H50N4O5. The number of pyridine rings is 1. The van der Waals surface area contributed by atoms with E-state index in [0.29, 0.717) is 56.2 Å². The van der Waals surface area contributed by atoms with Gasteiger partial charge in [0.25, 0.3) is 11.5 Å². The molecule has 2 aliphatic heterocycles. The lowest BCUT2D eigenvalue weighted by Gasteiger charge is -2.51. The number of hydrogen-bond acceptors (Lipinski definition) is 6. The highest BCUT2D eigenvalue weighted by atomic mass is 16.3. The second-order valence-corrected chi connectivity index (χ2v) is 14.0. The average molecular weight is 607 g/mol. The third kappa shape index (κ3) is 6.80. The van der Waals surface area contributed by atoms with Crippen molar-refractivity contribution in [2.75, 3.05) is 39.3 Å². The van der Waals surface area contributed by atoms with Crippen molar-refractivity contribution in [1.29, 1.82) is 0 Å². The second-order valence-electron chi connectivity index (χ2n) is 14.0. The molecule has 5 rings (SSSR count). The van der Waals surface area contributed by atoms with Gasteiger partial charge in [0.1, 0.15) is 0 Å². The number of carbonyl (C=O) groups excluding carboxylic acids is 2. The fourth-order valence-corrected chi connectivity index (χ4v) is 7.53. The molecule has 9 heteroatoms. The molecule has 3 fully saturated rings. The fraction of sp³-hybridized carbons (Fsp3) is 0.629. The van der Waals surface area contributed by atoms with E-state index in [9.17, 15) is 24.6 Å². The molecule has 1 saturated carbocycles. The van der Waals surface area contributed by atoms with Crippen LogP contribution in [0.25, 0.3) is 11.1 Å². The van der Waals surface area contributed by atoms with Crippen molar-refractivity contribution >= 4 is 11.8 Å². The van der Waals surface area contributed by atoms with E-state index in [0.717, 1.165) is 12.0 Å². The minimum absolute atomic E-state index is 0.0127. The summed E-state index contributed by atoms with van der Waals surface area (Å²) in [5.74, 6) is 0.470. The number of likely N-dealkylation sites (tertiary alicyclic amines) is 1. The molecule has 9 nitrogen and oxygen atoms in total. The molecule has 1 aliphatic carbocycles. The highest BCUT2D eigenvalue weighted by Gasteiger charge is 2.49. The van der Waals surface area contributed by atoms with Gasteiger partial charge in [0.05, 0.1) is 30.4 Å². The number of aliphatic hydroxyl groups excluding tert-OH is 1. The molecule has 3 aliphatic rings. The highest BCUT2D eigenvalue weighted by Crippen LogP contribution is 2.41. The molecule has 0 spiro atoms. The summed E-state index contributed by atoms with van der Waals surface area (Å²) in [6.07, 6.45) is 9.07. The summed E-state index contributed by atoms with van der Waals surface area (Å²) >= 11 is 0. The van der Waals surface area contributed by atoms with Crippen LogP contribution in [0.5, 0.6) is 0 Å². The lowest BCUT2D eigenvalue weighted by Crippen LogP contribution is -2.61. The molecule has 2 aromatic rings. The van der Waals surface area contributed by atoms with Crippen LogP contribution in [0, 0.1) is 17.3 Å². The maximum absolute atomic E-state index is 14.0. The summed E-state index contributed by atoms with van der Waals surface area (Å²) in [5, 5.41) is 25.3. The van der Waals surface area contributed by atoms with Crippen molar-refractivity contribution in [3.8, 4) is 11.1 Å². The summed E-state index contributed by atoms with van der Waals surface area (Å²) in [5.41, 5.74) is -0.606. The van der Waals surface area contributed by atoms with Gasteiger partial charge in [-0.3, -0.25) is 14.4 Å². The van der Waals surface area contributed by atoms with Gasteiger partial charge in [-0.2, -0.15) is 0 Å². The highest BCUT2D eigenvalue weighted by molar-refractivity contribution is 6.00. The molecule has 1 aromatic heterocycles. The van der Waals surface area contributed by atoms with Crippen LogP contribution in [0.3, 0.4) is 0 Å². The minimum Gasteiger partial charge on any atom is -0.394 e. The van der Waals surface area contributed by atoms with Crippen molar-refractivity contribution < 1.29 is 19.8 Å². The number of nitrogens with zero attached hydrogens (tertiary/aromatic N) is 3. The Morgan fingerprint density at radius 2 is 1.82 bits per heavy atom. The number of aromatic nitrogens is 1. The Balaban J connectivity index is 1.39. The van der Waals surface area contributed by atoms with Gasteiger partial charge in [-0.05, 0) is 24.3 Å². The van der Waals surface area contributed by atoms with Crippen LogP contribution >= 0.6 is 0 Å². The standard InChI is InChI=1S/C35H50N4O5/c1-25(18-26-10-6-4-7-11-26)32(42)37-16-14-35(44,34(2,3)23-37)24-38-21-30(33(43)39-17-15-36-20-28(39)22-40)29(19-31(38)41)27-12-8-5-9-13-27/h5,8-9,12-13,19,21,25-26,28,36,40,44H,4,6-7,10-11,14-18,20,22-24H2,1-3H3/t25-,28+,35+/m1/s1. The Kier molecular flexibility index (Phi) is 9.97. The largest absolute Gasteiger partial charge is 0.394 e. The molecular weight excluding hydrogens is 556 g/mol. The van der Waals surface area contributed by atoms with Crippen LogP contribution in [0.2, 0.25) is 0 Å². The van der Waals surface area contributed by atoms with Gasteiger partial charge in [-0.25, -0.2) is 0 Å². The van der Waals surface area contributed by atoms with E-state index in [2.05, 4.69) is 5.32 Å². The number of nitrogens with one attached hydrogen (secondary N) is 1. The first-order valence-corrected chi connectivity index (χ1v) is 16.5. The number of benzene rings is 1. The minimum atomic E-state index is -1.27. The van der Waals surface area contributed by atoms with Gasteiger partial charge in [-0.15, -0.1) is 0 Å². The van der Waals surface area contributed by atoms with E-state index in [1.165, 1.54) is 42.7 Å². The molecule has 0 unspecified atom stereocenters. The fourth-order valence-electron chi connectivity index (χ4n) is 7.53. The number of rotatable bonds is 8. The van der Waals surface area contributed by atoms with Gasteiger partial charge < -0.3 is 29.9 Å². The zero-order chi connectivity index (χ0) is 31.5. The maximum atomic E-state index is 14.0. The third-order valence-electron chi connectivity index (χ3n) is 10.5. The molecule has 2 saturated heterocycles. The summed E-state index contributed by atoms with van der Waals surface area (Å²) in [6.45, 7) is 8.18. The number of carbonyl (C=O) groups is 2. The van der Waals surface area contributed by atoms with E-state index in [-0.39, 0.29) is 42.5 Å². The van der Waals surface area contributed by atoms with Crippen molar-refractivity contribution in [2.24, 2.45) is 17.3 Å². The Morgan fingerprint density at radius 1 is 1.09 bits per heavy atom. The van der Waals surface area contributed by atoms with Crippen molar-refractivity contribution in [3.63, 3.8) is 0 Å². The molecule has 3 heterocycles. The SMILES string of the molecule is C[C@H](CC1CCCCC1)C(=O)N1CC[C@](O)(Cn2cc(C(=O)N3CCNC[C@H]3CO)c(-c3ccccc3)cc2=O)C(C)(C)C1. The predicted octanol–water partition coefficient (Wildman–Crippen LogP) is 3.52. The Bertz CT molecular complexity index is 1370. The van der Waals surface area contributed by atoms with Crippen LogP contribution < -0.4 is 10.9 Å². The third-order valence-corrected chi connectivity index (χ3v) is 10.5. The van der Waals surface area contributed by atoms with Crippen LogP contribution in [-0.2, 0) is 11.3 Å². The van der Waals surface area contributed by atoms with E-state index in [1.54, 1.807) is 11.1 Å². The molecule has 3 atom stereocenters. The van der Waals surface area contributed by atoms with Gasteiger partial charge in [-0.1, -0.05) is 83.2 Å². The van der Waals surface area contributed by atoms with Crippen LogP contribution in [0.4, 0.5) is 0 Å². The number of aliphatic hydroxyl groups is 2. The molecule has 0 bridgehead atoms. The Hall–Kier alpha value is -3.01. The number of piperazine rings is 1. The predicted molar refractivity (Wildman–Crippen MR) is 171 cm³/mol. The smallest absolute Gasteiger partial charge is 0.256 e. The molecule has 0 radical (unpaired) electrons. The molecule has 2 amide bonds. The van der Waals surface area contributed by atoms with Gasteiger partial charge >= 0.3 is 0 Å². The van der Waals surface area contributed by atoms with Crippen LogP contribution in [0.15, 0.2) is 47.4 Å². The van der Waals surface area contributed by atoms with Crippen molar-refractivity contribution in [2.45, 2.75) is 83.9 Å². The number of amides is 2. The second kappa shape index (κ2) is 13.5. The van der Waals surface area contributed by atoms with Crippen LogP contribution in [0.1, 0.15) is 76.1 Å². The zero-order valence-corrected chi connectivity index (χ0v) is 26.6. The van der Waals surface area contributed by atoms with Gasteiger partial charge in [0.2, 0.25) is 5.91 Å². The molecule has 1 aromatic carbocycles. The summed E-state index contributed by atoms with van der Waals surface area (Å²) < 4.78 is 1.46. The van der Waals surface area contributed by atoms with Crippen molar-refractivity contribution in [3.05, 3.63) is 58.5 Å². The van der Waals surface area contributed by atoms with E-state index in [4.69, 9.17) is 0 Å². The topological polar surface area (TPSA) is 115 Å². The van der Waals surface area contributed by atoms with E-state index in [1.807, 2.05) is 56.0 Å². The molecule has 240 valence electrons. The lowest BCUT2D eigenvalue weighted by molar-refractivity contribution is -0.157. The summed E-state index contributed by atoms with van der Waals surface area (Å²) in [6, 6.07) is 10.5. The monoisotopic (exact) mass is 606 g/mol. The van der Waals surface area contributed by atoms with Crippen LogP contribution in [-0.4, -0.2) is 87.4 Å². The first kappa shape index (κ1) is 32.4. The number of hydrogen-bond donors (Lipinski definition) is 3. The summed E-state index contributed by atoms with van der Waals surface area (Å²) in [7, 11) is 0. The zero-order valence-electron chi connectivity index (χ0n) is 26.6. The number of piperidine rings is 1. The van der Waals surface area contributed by atoms with E-state index < -0.39 is 11.0 Å². The first-order valence-electron chi connectivity index (χ1n) is 16.5. The lowest BCUT2D eigenvalue weighted by atomic mass is 9.69. The normalized spacial score (nSPS) is 25.1.